The van der Waals surface area contributed by atoms with Crippen LogP contribution in [0.2, 0.25) is 0 Å². The van der Waals surface area contributed by atoms with E-state index < -0.39 is 0 Å². The van der Waals surface area contributed by atoms with E-state index in [0.717, 1.165) is 50.9 Å². The third-order valence-electron chi connectivity index (χ3n) is 3.92. The maximum atomic E-state index is 12.2. The number of nitrogens with zero attached hydrogens (tertiary/aromatic N) is 1. The highest BCUT2D eigenvalue weighted by atomic mass is 16.5. The van der Waals surface area contributed by atoms with Gasteiger partial charge in [-0.15, -0.1) is 0 Å². The fraction of sp³-hybridized carbons (Fsp3) is 0.611. The van der Waals surface area contributed by atoms with Gasteiger partial charge in [-0.1, -0.05) is 37.3 Å². The lowest BCUT2D eigenvalue weighted by molar-refractivity contribution is -0.136. The second-order valence-electron chi connectivity index (χ2n) is 5.78. The minimum absolute atomic E-state index is 0.0899. The smallest absolute Gasteiger partial charge is 0.248 e. The third-order valence-corrected chi connectivity index (χ3v) is 3.92. The molecule has 2 rings (SSSR count). The summed E-state index contributed by atoms with van der Waals surface area (Å²) in [6.45, 7) is 5.19. The molecule has 1 aromatic rings. The molecular formula is C18H27NO3. The molecule has 1 aromatic carbocycles. The topological polar surface area (TPSA) is 38.8 Å². The Kier molecular flexibility index (Phi) is 7.40. The molecule has 0 radical (unpaired) electrons. The van der Waals surface area contributed by atoms with Crippen LogP contribution in [0.15, 0.2) is 30.3 Å². The number of benzene rings is 1. The molecule has 0 aliphatic carbocycles. The monoisotopic (exact) mass is 305 g/mol. The summed E-state index contributed by atoms with van der Waals surface area (Å²) in [6, 6.07) is 9.94. The van der Waals surface area contributed by atoms with Crippen molar-refractivity contribution < 1.29 is 14.3 Å². The summed E-state index contributed by atoms with van der Waals surface area (Å²) >= 11 is 0. The first-order valence-electron chi connectivity index (χ1n) is 8.30. The fourth-order valence-electron chi connectivity index (χ4n) is 2.69. The fourth-order valence-corrected chi connectivity index (χ4v) is 2.69. The zero-order chi connectivity index (χ0) is 15.6. The van der Waals surface area contributed by atoms with Crippen LogP contribution < -0.4 is 0 Å². The van der Waals surface area contributed by atoms with Crippen molar-refractivity contribution in [2.75, 3.05) is 26.3 Å². The number of amides is 1. The Morgan fingerprint density at radius 2 is 2.05 bits per heavy atom. The molecule has 1 amide bonds. The van der Waals surface area contributed by atoms with Crippen molar-refractivity contribution in [3.8, 4) is 0 Å². The van der Waals surface area contributed by atoms with Crippen LogP contribution in [0.1, 0.15) is 38.2 Å². The zero-order valence-corrected chi connectivity index (χ0v) is 13.5. The number of hydrogen-bond donors (Lipinski definition) is 0. The Morgan fingerprint density at radius 1 is 1.23 bits per heavy atom. The van der Waals surface area contributed by atoms with E-state index in [1.54, 1.807) is 0 Å². The minimum Gasteiger partial charge on any atom is -0.378 e. The molecule has 1 aliphatic rings. The van der Waals surface area contributed by atoms with Crippen molar-refractivity contribution in [2.45, 2.75) is 45.3 Å². The summed E-state index contributed by atoms with van der Waals surface area (Å²) < 4.78 is 11.4. The van der Waals surface area contributed by atoms with Crippen LogP contribution in [-0.2, 0) is 20.9 Å². The summed E-state index contributed by atoms with van der Waals surface area (Å²) in [4.78, 5) is 14.1. The third kappa shape index (κ3) is 5.78. The largest absolute Gasteiger partial charge is 0.378 e. The van der Waals surface area contributed by atoms with Gasteiger partial charge < -0.3 is 14.4 Å². The van der Waals surface area contributed by atoms with Crippen molar-refractivity contribution >= 4 is 5.91 Å². The van der Waals surface area contributed by atoms with Crippen molar-refractivity contribution in [3.63, 3.8) is 0 Å². The molecule has 0 spiro atoms. The maximum absolute atomic E-state index is 12.2. The quantitative estimate of drug-likeness (QED) is 0.777. The first-order valence-corrected chi connectivity index (χ1v) is 8.30. The highest BCUT2D eigenvalue weighted by Crippen LogP contribution is 2.15. The first-order chi connectivity index (χ1) is 10.8. The molecule has 0 aromatic heterocycles. The van der Waals surface area contributed by atoms with Crippen LogP contribution in [0.5, 0.6) is 0 Å². The summed E-state index contributed by atoms with van der Waals surface area (Å²) in [7, 11) is 0. The first kappa shape index (κ1) is 17.0. The second-order valence-corrected chi connectivity index (χ2v) is 5.78. The summed E-state index contributed by atoms with van der Waals surface area (Å²) in [5.74, 6) is 0.0899. The Labute approximate surface area is 133 Å². The second kappa shape index (κ2) is 9.59. The molecule has 4 heteroatoms. The number of carbonyl (C=O) groups excluding carboxylic acids is 1. The number of ether oxygens (including phenoxy) is 2. The van der Waals surface area contributed by atoms with Gasteiger partial charge >= 0.3 is 0 Å². The lowest BCUT2D eigenvalue weighted by Gasteiger charge is -2.20. The van der Waals surface area contributed by atoms with E-state index >= 15 is 0 Å². The van der Waals surface area contributed by atoms with Gasteiger partial charge in [0.1, 0.15) is 6.61 Å². The normalized spacial score (nSPS) is 19.0. The Hall–Kier alpha value is -1.39. The van der Waals surface area contributed by atoms with Gasteiger partial charge in [0.05, 0.1) is 12.7 Å². The number of carbonyl (C=O) groups is 1. The Balaban J connectivity index is 1.69. The zero-order valence-electron chi connectivity index (χ0n) is 13.5. The minimum atomic E-state index is 0.0899. The lowest BCUT2D eigenvalue weighted by Crippen LogP contribution is -2.35. The van der Waals surface area contributed by atoms with Gasteiger partial charge in [-0.3, -0.25) is 4.79 Å². The SMILES string of the molecule is CCCO[C@H]1CCCN(C(=O)COCc2ccccc2)CC1. The molecule has 0 saturated carbocycles. The van der Waals surface area contributed by atoms with Gasteiger partial charge in [0.15, 0.2) is 0 Å². The van der Waals surface area contributed by atoms with Gasteiger partial charge in [-0.25, -0.2) is 0 Å². The van der Waals surface area contributed by atoms with E-state index in [1.165, 1.54) is 0 Å². The van der Waals surface area contributed by atoms with Gasteiger partial charge in [0.2, 0.25) is 5.91 Å². The van der Waals surface area contributed by atoms with Crippen molar-refractivity contribution in [1.82, 2.24) is 4.90 Å². The van der Waals surface area contributed by atoms with E-state index in [0.29, 0.717) is 12.7 Å². The summed E-state index contributed by atoms with van der Waals surface area (Å²) in [5, 5.41) is 0. The van der Waals surface area contributed by atoms with Gasteiger partial charge in [-0.2, -0.15) is 0 Å². The number of rotatable bonds is 7. The molecule has 0 unspecified atom stereocenters. The van der Waals surface area contributed by atoms with Gasteiger partial charge in [-0.05, 0) is 31.2 Å². The van der Waals surface area contributed by atoms with Crippen LogP contribution in [0.3, 0.4) is 0 Å². The molecule has 1 aliphatic heterocycles. The average molecular weight is 305 g/mol. The van der Waals surface area contributed by atoms with E-state index in [1.807, 2.05) is 35.2 Å². The van der Waals surface area contributed by atoms with E-state index in [-0.39, 0.29) is 12.5 Å². The highest BCUT2D eigenvalue weighted by molar-refractivity contribution is 5.77. The Bertz CT molecular complexity index is 435. The van der Waals surface area contributed by atoms with Crippen LogP contribution in [0.25, 0.3) is 0 Å². The van der Waals surface area contributed by atoms with E-state index in [4.69, 9.17) is 9.47 Å². The molecule has 0 N–H and O–H groups in total. The molecule has 1 atom stereocenters. The molecule has 1 saturated heterocycles. The maximum Gasteiger partial charge on any atom is 0.248 e. The summed E-state index contributed by atoms with van der Waals surface area (Å²) in [5.41, 5.74) is 1.10. The predicted molar refractivity (Wildman–Crippen MR) is 86.6 cm³/mol. The van der Waals surface area contributed by atoms with Gasteiger partial charge in [0.25, 0.3) is 0 Å². The average Bonchev–Trinajstić information content (AvgIpc) is 2.79. The molecule has 122 valence electrons. The molecule has 22 heavy (non-hydrogen) atoms. The predicted octanol–water partition coefficient (Wildman–Crippen LogP) is 3.01. The van der Waals surface area contributed by atoms with Crippen molar-refractivity contribution in [3.05, 3.63) is 35.9 Å². The van der Waals surface area contributed by atoms with Crippen LogP contribution in [-0.4, -0.2) is 43.2 Å². The molecular weight excluding hydrogens is 278 g/mol. The Morgan fingerprint density at radius 3 is 2.82 bits per heavy atom. The number of likely N-dealkylation sites (tertiary alicyclic amines) is 1. The highest BCUT2D eigenvalue weighted by Gasteiger charge is 2.20. The molecule has 0 bridgehead atoms. The standard InChI is InChI=1S/C18H27NO3/c1-2-13-22-17-9-6-11-19(12-10-17)18(20)15-21-14-16-7-4-3-5-8-16/h3-5,7-8,17H,2,6,9-15H2,1H3/t17-/m0/s1. The van der Waals surface area contributed by atoms with Crippen molar-refractivity contribution in [1.29, 1.82) is 0 Å². The van der Waals surface area contributed by atoms with Gasteiger partial charge in [0, 0.05) is 19.7 Å². The molecule has 1 heterocycles. The molecule has 4 nitrogen and oxygen atoms in total. The lowest BCUT2D eigenvalue weighted by atomic mass is 10.2. The van der Waals surface area contributed by atoms with Crippen molar-refractivity contribution in [2.24, 2.45) is 0 Å². The number of hydrogen-bond acceptors (Lipinski definition) is 3. The van der Waals surface area contributed by atoms with E-state index in [2.05, 4.69) is 6.92 Å². The van der Waals surface area contributed by atoms with Crippen LogP contribution in [0, 0.1) is 0 Å². The summed E-state index contributed by atoms with van der Waals surface area (Å²) in [6.07, 6.45) is 4.35. The van der Waals surface area contributed by atoms with Crippen LogP contribution >= 0.6 is 0 Å². The molecule has 1 fully saturated rings. The van der Waals surface area contributed by atoms with E-state index in [9.17, 15) is 4.79 Å². The van der Waals surface area contributed by atoms with Crippen LogP contribution in [0.4, 0.5) is 0 Å².